The van der Waals surface area contributed by atoms with Gasteiger partial charge in [-0.3, -0.25) is 9.89 Å². The van der Waals surface area contributed by atoms with Crippen molar-refractivity contribution in [3.05, 3.63) is 35.9 Å². The van der Waals surface area contributed by atoms with Gasteiger partial charge >= 0.3 is 0 Å². The zero-order valence-corrected chi connectivity index (χ0v) is 20.0. The quantitative estimate of drug-likeness (QED) is 0.336. The van der Waals surface area contributed by atoms with Crippen LogP contribution < -0.4 is 10.6 Å². The third kappa shape index (κ3) is 8.79. The van der Waals surface area contributed by atoms with Crippen LogP contribution >= 0.6 is 24.0 Å². The summed E-state index contributed by atoms with van der Waals surface area (Å²) in [6.45, 7) is 9.68. The summed E-state index contributed by atoms with van der Waals surface area (Å²) in [4.78, 5) is 9.23. The van der Waals surface area contributed by atoms with Gasteiger partial charge in [-0.25, -0.2) is 0 Å². The van der Waals surface area contributed by atoms with Gasteiger partial charge in [0.05, 0.1) is 0 Å². The Morgan fingerprint density at radius 1 is 1.22 bits per heavy atom. The molecular formula is C21H38IN5. The van der Waals surface area contributed by atoms with E-state index >= 15 is 0 Å². The fourth-order valence-electron chi connectivity index (χ4n) is 3.82. The second kappa shape index (κ2) is 11.9. The van der Waals surface area contributed by atoms with Crippen LogP contribution in [0.5, 0.6) is 0 Å². The Kier molecular flexibility index (Phi) is 10.6. The monoisotopic (exact) mass is 487 g/mol. The molecule has 0 aromatic heterocycles. The Morgan fingerprint density at radius 3 is 2.56 bits per heavy atom. The second-order valence-electron chi connectivity index (χ2n) is 8.46. The zero-order valence-electron chi connectivity index (χ0n) is 17.7. The van der Waals surface area contributed by atoms with Gasteiger partial charge in [-0.2, -0.15) is 0 Å². The van der Waals surface area contributed by atoms with Crippen LogP contribution in [0.3, 0.4) is 0 Å². The second-order valence-corrected chi connectivity index (χ2v) is 8.46. The molecule has 0 bridgehead atoms. The van der Waals surface area contributed by atoms with Crippen LogP contribution in [-0.4, -0.2) is 69.1 Å². The maximum atomic E-state index is 4.40. The molecule has 0 radical (unpaired) electrons. The molecule has 0 aliphatic carbocycles. The van der Waals surface area contributed by atoms with Gasteiger partial charge in [0.2, 0.25) is 0 Å². The number of guanidine groups is 1. The van der Waals surface area contributed by atoms with E-state index in [1.54, 1.807) is 0 Å². The first-order valence-corrected chi connectivity index (χ1v) is 9.77. The fourth-order valence-corrected chi connectivity index (χ4v) is 3.82. The van der Waals surface area contributed by atoms with Crippen LogP contribution in [0, 0.1) is 5.41 Å². The van der Waals surface area contributed by atoms with Gasteiger partial charge in [-0.15, -0.1) is 24.0 Å². The summed E-state index contributed by atoms with van der Waals surface area (Å²) >= 11 is 0. The van der Waals surface area contributed by atoms with Crippen molar-refractivity contribution in [2.24, 2.45) is 10.4 Å². The van der Waals surface area contributed by atoms with E-state index in [1.807, 2.05) is 7.05 Å². The number of likely N-dealkylation sites (tertiary alicyclic amines) is 1. The maximum Gasteiger partial charge on any atom is 0.191 e. The van der Waals surface area contributed by atoms with E-state index in [0.717, 1.165) is 32.1 Å². The molecule has 1 aliphatic rings. The van der Waals surface area contributed by atoms with Crippen molar-refractivity contribution >= 4 is 29.9 Å². The minimum Gasteiger partial charge on any atom is -0.356 e. The lowest BCUT2D eigenvalue weighted by Crippen LogP contribution is -2.48. The Morgan fingerprint density at radius 2 is 1.93 bits per heavy atom. The summed E-state index contributed by atoms with van der Waals surface area (Å²) in [5.74, 6) is 0.906. The van der Waals surface area contributed by atoms with Crippen LogP contribution in [0.25, 0.3) is 0 Å². The van der Waals surface area contributed by atoms with E-state index in [2.05, 4.69) is 83.7 Å². The Balaban J connectivity index is 0.00000364. The minimum absolute atomic E-state index is 0. The van der Waals surface area contributed by atoms with Gasteiger partial charge in [0.1, 0.15) is 0 Å². The summed E-state index contributed by atoms with van der Waals surface area (Å²) in [5, 5.41) is 7.03. The molecule has 1 aliphatic heterocycles. The summed E-state index contributed by atoms with van der Waals surface area (Å²) in [5.41, 5.74) is 1.60. The molecule has 27 heavy (non-hydrogen) atoms. The van der Waals surface area contributed by atoms with Crippen molar-refractivity contribution in [1.82, 2.24) is 20.4 Å². The Hall–Kier alpha value is -0.860. The number of aliphatic imine (C=N–C) groups is 1. The standard InChI is InChI=1S/C21H37N5.HI/c1-21(2,17-25(4)5)16-24-20(22-3)23-14-19-12-9-13-26(19)15-18-10-7-6-8-11-18;/h6-8,10-11,19H,9,12-17H2,1-5H3,(H2,22,23,24);1H. The molecule has 0 saturated carbocycles. The third-order valence-electron chi connectivity index (χ3n) is 4.93. The molecule has 1 saturated heterocycles. The average molecular weight is 487 g/mol. The molecule has 0 spiro atoms. The summed E-state index contributed by atoms with van der Waals surface area (Å²) in [6.07, 6.45) is 2.53. The first kappa shape index (κ1) is 24.2. The number of nitrogens with zero attached hydrogens (tertiary/aromatic N) is 3. The molecule has 1 aromatic rings. The van der Waals surface area contributed by atoms with E-state index in [9.17, 15) is 0 Å². The van der Waals surface area contributed by atoms with Crippen molar-refractivity contribution in [3.63, 3.8) is 0 Å². The van der Waals surface area contributed by atoms with Crippen molar-refractivity contribution in [1.29, 1.82) is 0 Å². The third-order valence-corrected chi connectivity index (χ3v) is 4.93. The maximum absolute atomic E-state index is 4.40. The highest BCUT2D eigenvalue weighted by molar-refractivity contribution is 14.0. The molecule has 1 unspecified atom stereocenters. The van der Waals surface area contributed by atoms with Gasteiger partial charge in [0.25, 0.3) is 0 Å². The average Bonchev–Trinajstić information content (AvgIpc) is 3.02. The SMILES string of the molecule is CN=C(NCC1CCCN1Cc1ccccc1)NCC(C)(C)CN(C)C.I. The predicted octanol–water partition coefficient (Wildman–Crippen LogP) is 3.02. The molecule has 2 rings (SSSR count). The lowest BCUT2D eigenvalue weighted by atomic mass is 9.93. The fraction of sp³-hybridized carbons (Fsp3) is 0.667. The molecule has 1 heterocycles. The number of hydrogen-bond donors (Lipinski definition) is 2. The molecule has 5 nitrogen and oxygen atoms in total. The first-order valence-electron chi connectivity index (χ1n) is 9.77. The van der Waals surface area contributed by atoms with E-state index in [1.165, 1.54) is 24.9 Å². The largest absolute Gasteiger partial charge is 0.356 e. The molecule has 0 amide bonds. The van der Waals surface area contributed by atoms with Gasteiger partial charge in [0, 0.05) is 39.3 Å². The molecular weight excluding hydrogens is 449 g/mol. The number of hydrogen-bond acceptors (Lipinski definition) is 3. The van der Waals surface area contributed by atoms with Gasteiger partial charge in [0.15, 0.2) is 5.96 Å². The van der Waals surface area contributed by atoms with E-state index in [4.69, 9.17) is 0 Å². The molecule has 1 atom stereocenters. The van der Waals surface area contributed by atoms with E-state index in [0.29, 0.717) is 6.04 Å². The van der Waals surface area contributed by atoms with Crippen LogP contribution in [0.2, 0.25) is 0 Å². The summed E-state index contributed by atoms with van der Waals surface area (Å²) in [7, 11) is 6.09. The number of rotatable bonds is 8. The summed E-state index contributed by atoms with van der Waals surface area (Å²) in [6, 6.07) is 11.3. The molecule has 1 aromatic carbocycles. The predicted molar refractivity (Wildman–Crippen MR) is 127 cm³/mol. The normalized spacial score (nSPS) is 18.4. The highest BCUT2D eigenvalue weighted by Crippen LogP contribution is 2.19. The lowest BCUT2D eigenvalue weighted by molar-refractivity contribution is 0.238. The molecule has 2 N–H and O–H groups in total. The van der Waals surface area contributed by atoms with Crippen LogP contribution in [0.15, 0.2) is 35.3 Å². The van der Waals surface area contributed by atoms with Crippen molar-refractivity contribution in [2.75, 3.05) is 47.3 Å². The van der Waals surface area contributed by atoms with Crippen molar-refractivity contribution in [3.8, 4) is 0 Å². The zero-order chi connectivity index (χ0) is 19.0. The van der Waals surface area contributed by atoms with E-state index < -0.39 is 0 Å². The van der Waals surface area contributed by atoms with Gasteiger partial charge in [-0.05, 0) is 44.5 Å². The van der Waals surface area contributed by atoms with E-state index in [-0.39, 0.29) is 29.4 Å². The highest BCUT2D eigenvalue weighted by atomic mass is 127. The first-order chi connectivity index (χ1) is 12.4. The Labute approximate surface area is 183 Å². The Bertz CT molecular complexity index is 559. The van der Waals surface area contributed by atoms with Crippen LogP contribution in [0.4, 0.5) is 0 Å². The highest BCUT2D eigenvalue weighted by Gasteiger charge is 2.25. The number of nitrogens with one attached hydrogen (secondary N) is 2. The van der Waals surface area contributed by atoms with Crippen molar-refractivity contribution in [2.45, 2.75) is 39.3 Å². The number of halogens is 1. The number of benzene rings is 1. The van der Waals surface area contributed by atoms with Crippen molar-refractivity contribution < 1.29 is 0 Å². The molecule has 6 heteroatoms. The van der Waals surface area contributed by atoms with Crippen LogP contribution in [-0.2, 0) is 6.54 Å². The molecule has 1 fully saturated rings. The lowest BCUT2D eigenvalue weighted by Gasteiger charge is -2.30. The van der Waals surface area contributed by atoms with Gasteiger partial charge in [-0.1, -0.05) is 44.2 Å². The topological polar surface area (TPSA) is 42.9 Å². The summed E-state index contributed by atoms with van der Waals surface area (Å²) < 4.78 is 0. The smallest absolute Gasteiger partial charge is 0.191 e. The molecule has 154 valence electrons. The van der Waals surface area contributed by atoms with Crippen LogP contribution in [0.1, 0.15) is 32.3 Å². The van der Waals surface area contributed by atoms with Gasteiger partial charge < -0.3 is 15.5 Å². The minimum atomic E-state index is 0.